The van der Waals surface area contributed by atoms with Gasteiger partial charge in [-0.3, -0.25) is 9.59 Å². The number of hydrogen-bond donors (Lipinski definition) is 2. The topological polar surface area (TPSA) is 201 Å². The molecule has 0 spiro atoms. The molecule has 0 rings (SSSR count). The van der Waals surface area contributed by atoms with Gasteiger partial charge >= 0.3 is 35.5 Å². The van der Waals surface area contributed by atoms with Gasteiger partial charge in [-0.15, -0.1) is 0 Å². The molecule has 0 saturated heterocycles. The van der Waals surface area contributed by atoms with Gasteiger partial charge in [-0.25, -0.2) is 8.42 Å². The Kier molecular flexibility index (Phi) is 28.6. The van der Waals surface area contributed by atoms with Gasteiger partial charge in [0.05, 0.1) is 30.8 Å². The van der Waals surface area contributed by atoms with E-state index in [9.17, 15) is 37.6 Å². The maximum absolute atomic E-state index is 12.4. The van der Waals surface area contributed by atoms with Crippen molar-refractivity contribution in [3.8, 4) is 0 Å². The average molecular weight is 591 g/mol. The molecule has 0 aliphatic carbocycles. The summed E-state index contributed by atoms with van der Waals surface area (Å²) in [5, 5.41) is 17.4. The third-order valence-corrected chi connectivity index (χ3v) is 7.29. The molecule has 5 N–H and O–H groups in total. The van der Waals surface area contributed by atoms with E-state index < -0.39 is 33.7 Å². The zero-order valence-corrected chi connectivity index (χ0v) is 27.5. The first-order chi connectivity index (χ1) is 17.5. The van der Waals surface area contributed by atoms with Gasteiger partial charge in [0.25, 0.3) is 0 Å². The second-order valence-electron chi connectivity index (χ2n) is 10.0. The third-order valence-electron chi connectivity index (χ3n) is 6.23. The SMILES string of the molecule is CC(C)CCCCCCCCCCCCCCC(=O)N(CCO)CCOC(=O)CC(C(=O)[O-])S(=O)(=O)[O-].[NH4+].[Na+]. The van der Waals surface area contributed by atoms with Crippen molar-refractivity contribution in [1.29, 1.82) is 0 Å². The van der Waals surface area contributed by atoms with Gasteiger partial charge < -0.3 is 35.3 Å². The van der Waals surface area contributed by atoms with Crippen LogP contribution in [0.3, 0.4) is 0 Å². The van der Waals surface area contributed by atoms with Gasteiger partial charge in [0.1, 0.15) is 16.7 Å². The summed E-state index contributed by atoms with van der Waals surface area (Å²) in [5.74, 6) is -2.77. The number of hydrogen-bond acceptors (Lipinski definition) is 9. The van der Waals surface area contributed by atoms with E-state index in [2.05, 4.69) is 13.8 Å². The molecule has 0 heterocycles. The van der Waals surface area contributed by atoms with Crippen LogP contribution in [0.4, 0.5) is 0 Å². The van der Waals surface area contributed by atoms with Crippen LogP contribution in [0.1, 0.15) is 110 Å². The molecule has 0 saturated carbocycles. The van der Waals surface area contributed by atoms with Crippen molar-refractivity contribution < 1.29 is 71.9 Å². The summed E-state index contributed by atoms with van der Waals surface area (Å²) >= 11 is 0. The second-order valence-corrected chi connectivity index (χ2v) is 11.6. The Morgan fingerprint density at radius 3 is 1.72 bits per heavy atom. The molecular formula is C26H51N2NaO9S. The Bertz CT molecular complexity index is 752. The fourth-order valence-electron chi connectivity index (χ4n) is 4.02. The van der Waals surface area contributed by atoms with Gasteiger partial charge in [-0.05, 0) is 12.3 Å². The van der Waals surface area contributed by atoms with Gasteiger partial charge in [0.2, 0.25) is 5.91 Å². The van der Waals surface area contributed by atoms with Crippen molar-refractivity contribution in [3.05, 3.63) is 0 Å². The largest absolute Gasteiger partial charge is 1.00 e. The van der Waals surface area contributed by atoms with E-state index in [1.807, 2.05) is 0 Å². The number of amides is 1. The number of carboxylic acids is 1. The second kappa shape index (κ2) is 26.2. The number of esters is 1. The van der Waals surface area contributed by atoms with Crippen LogP contribution in [0.25, 0.3) is 0 Å². The van der Waals surface area contributed by atoms with Gasteiger partial charge in [0.15, 0.2) is 0 Å². The molecule has 0 radical (unpaired) electrons. The molecule has 0 fully saturated rings. The van der Waals surface area contributed by atoms with Crippen LogP contribution < -0.4 is 40.8 Å². The summed E-state index contributed by atoms with van der Waals surface area (Å²) in [5.41, 5.74) is 0. The van der Waals surface area contributed by atoms with Crippen LogP contribution in [0.5, 0.6) is 0 Å². The van der Waals surface area contributed by atoms with Crippen molar-refractivity contribution >= 4 is 28.0 Å². The molecule has 1 atom stereocenters. The maximum Gasteiger partial charge on any atom is 1.00 e. The molecule has 11 nitrogen and oxygen atoms in total. The van der Waals surface area contributed by atoms with Crippen molar-refractivity contribution in [1.82, 2.24) is 11.1 Å². The number of carboxylic acid groups (broad SMARTS) is 1. The van der Waals surface area contributed by atoms with Crippen molar-refractivity contribution in [2.75, 3.05) is 26.3 Å². The van der Waals surface area contributed by atoms with E-state index in [0.717, 1.165) is 25.2 Å². The van der Waals surface area contributed by atoms with Gasteiger partial charge in [0, 0.05) is 13.0 Å². The van der Waals surface area contributed by atoms with E-state index in [1.165, 1.54) is 62.7 Å². The quantitative estimate of drug-likeness (QED) is 0.0666. The Labute approximate surface area is 257 Å². The Balaban J connectivity index is -0.00000648. The fourth-order valence-corrected chi connectivity index (χ4v) is 4.60. The smallest absolute Gasteiger partial charge is 0.747 e. The molecule has 0 aromatic heterocycles. The summed E-state index contributed by atoms with van der Waals surface area (Å²) < 4.78 is 37.4. The summed E-state index contributed by atoms with van der Waals surface area (Å²) in [7, 11) is -5.26. The number of nitrogens with zero attached hydrogens (tertiary/aromatic N) is 1. The van der Waals surface area contributed by atoms with E-state index in [4.69, 9.17) is 4.74 Å². The van der Waals surface area contributed by atoms with Crippen molar-refractivity contribution in [3.63, 3.8) is 0 Å². The molecule has 0 aromatic rings. The molecule has 13 heteroatoms. The Morgan fingerprint density at radius 2 is 1.31 bits per heavy atom. The molecule has 1 unspecified atom stereocenters. The fraction of sp³-hybridized carbons (Fsp3) is 0.885. The predicted octanol–water partition coefficient (Wildman–Crippen LogP) is -0.0981. The average Bonchev–Trinajstić information content (AvgIpc) is 2.80. The van der Waals surface area contributed by atoms with E-state index in [-0.39, 0.29) is 67.9 Å². The number of rotatable bonds is 24. The number of aliphatic carboxylic acids is 1. The number of unbranched alkanes of at least 4 members (excludes halogenated alkanes) is 11. The molecule has 0 aromatic carbocycles. The Morgan fingerprint density at radius 1 is 0.846 bits per heavy atom. The minimum absolute atomic E-state index is 0. The summed E-state index contributed by atoms with van der Waals surface area (Å²) in [6.45, 7) is 3.95. The number of quaternary nitrogens is 1. The minimum Gasteiger partial charge on any atom is -0.747 e. The van der Waals surface area contributed by atoms with Crippen molar-refractivity contribution in [2.24, 2.45) is 5.92 Å². The summed E-state index contributed by atoms with van der Waals surface area (Å²) in [4.78, 5) is 36.2. The normalized spacial score (nSPS) is 11.8. The Hall–Kier alpha value is -0.760. The number of ether oxygens (including phenoxy) is 1. The number of aliphatic hydroxyl groups is 1. The molecule has 0 aliphatic rings. The number of aliphatic hydroxyl groups excluding tert-OH is 1. The van der Waals surface area contributed by atoms with Gasteiger partial charge in [-0.2, -0.15) is 0 Å². The zero-order chi connectivity index (χ0) is 28.1. The molecule has 1 amide bonds. The first kappa shape index (κ1) is 42.7. The molecule has 0 aliphatic heterocycles. The van der Waals surface area contributed by atoms with Crippen LogP contribution >= 0.6 is 0 Å². The van der Waals surface area contributed by atoms with Crippen LogP contribution in [0, 0.1) is 5.92 Å². The molecule has 39 heavy (non-hydrogen) atoms. The summed E-state index contributed by atoms with van der Waals surface area (Å²) in [6, 6.07) is 0. The first-order valence-electron chi connectivity index (χ1n) is 13.7. The number of carbonyl (C=O) groups excluding carboxylic acids is 3. The molecule has 226 valence electrons. The van der Waals surface area contributed by atoms with Crippen LogP contribution in [0.15, 0.2) is 0 Å². The van der Waals surface area contributed by atoms with E-state index >= 15 is 0 Å². The minimum atomic E-state index is -5.26. The molecular weight excluding hydrogens is 539 g/mol. The van der Waals surface area contributed by atoms with Crippen LogP contribution in [-0.4, -0.2) is 72.4 Å². The van der Waals surface area contributed by atoms with Crippen molar-refractivity contribution in [2.45, 2.75) is 115 Å². The van der Waals surface area contributed by atoms with E-state index in [1.54, 1.807) is 0 Å². The monoisotopic (exact) mass is 590 g/mol. The predicted molar refractivity (Wildman–Crippen MR) is 143 cm³/mol. The van der Waals surface area contributed by atoms with Gasteiger partial charge in [-0.1, -0.05) is 90.9 Å². The molecule has 0 bridgehead atoms. The van der Waals surface area contributed by atoms with Crippen LogP contribution in [-0.2, 0) is 29.2 Å². The van der Waals surface area contributed by atoms with Crippen LogP contribution in [0.2, 0.25) is 0 Å². The summed E-state index contributed by atoms with van der Waals surface area (Å²) in [6.07, 6.45) is 14.7. The third kappa shape index (κ3) is 24.7. The number of carbonyl (C=O) groups is 3. The first-order valence-corrected chi connectivity index (χ1v) is 15.2. The standard InChI is InChI=1S/C26H49NO9S.H3N.Na/c1-22(2)15-13-11-9-7-5-3-4-6-8-10-12-14-16-24(29)27(17-19-28)18-20-36-25(30)21-23(26(31)32)37(33,34)35;;/h22-23,28H,3-21H2,1-2H3,(H,31,32)(H,33,34,35);1H3;/q;;+1/p-1. The van der Waals surface area contributed by atoms with E-state index in [0.29, 0.717) is 12.8 Å². The maximum atomic E-state index is 12.4. The zero-order valence-electron chi connectivity index (χ0n) is 24.7.